The van der Waals surface area contributed by atoms with Gasteiger partial charge in [0, 0.05) is 26.7 Å². The standard InChI is InChI=1S/C21H26N4O3S3/c1-7-28-20(27)17-13(5)14(6)31-19(17)22-16(26)10-30-21-24-23-18(25(21)11(2)3)15-8-12(4)29-9-15/h8-9,11H,7,10H2,1-6H3,(H,22,26). The summed E-state index contributed by atoms with van der Waals surface area (Å²) in [5.41, 5.74) is 2.30. The molecule has 1 N–H and O–H groups in total. The van der Waals surface area contributed by atoms with E-state index < -0.39 is 5.97 Å². The third-order valence-corrected chi connectivity index (χ3v) is 7.55. The number of hydrogen-bond acceptors (Lipinski definition) is 8. The molecule has 0 saturated heterocycles. The summed E-state index contributed by atoms with van der Waals surface area (Å²) in [6.45, 7) is 12.0. The van der Waals surface area contributed by atoms with Crippen molar-refractivity contribution in [1.29, 1.82) is 0 Å². The molecule has 0 aliphatic carbocycles. The van der Waals surface area contributed by atoms with Crippen LogP contribution in [0.25, 0.3) is 11.4 Å². The second-order valence-electron chi connectivity index (χ2n) is 7.26. The minimum Gasteiger partial charge on any atom is -0.462 e. The zero-order chi connectivity index (χ0) is 22.7. The Bertz CT molecular complexity index is 1100. The minimum absolute atomic E-state index is 0.147. The third-order valence-electron chi connectivity index (χ3n) is 4.62. The molecule has 0 radical (unpaired) electrons. The first-order valence-electron chi connectivity index (χ1n) is 9.93. The molecule has 10 heteroatoms. The zero-order valence-corrected chi connectivity index (χ0v) is 20.9. The van der Waals surface area contributed by atoms with Gasteiger partial charge in [0.05, 0.1) is 17.9 Å². The molecule has 0 unspecified atom stereocenters. The molecule has 0 aromatic carbocycles. The van der Waals surface area contributed by atoms with E-state index in [0.717, 1.165) is 21.8 Å². The number of ether oxygens (including phenoxy) is 1. The monoisotopic (exact) mass is 478 g/mol. The summed E-state index contributed by atoms with van der Waals surface area (Å²) >= 11 is 4.38. The van der Waals surface area contributed by atoms with Crippen LogP contribution in [0.3, 0.4) is 0 Å². The van der Waals surface area contributed by atoms with E-state index in [1.807, 2.05) is 18.4 Å². The van der Waals surface area contributed by atoms with Crippen molar-refractivity contribution in [3.63, 3.8) is 0 Å². The normalized spacial score (nSPS) is 11.2. The van der Waals surface area contributed by atoms with Gasteiger partial charge < -0.3 is 10.1 Å². The van der Waals surface area contributed by atoms with Gasteiger partial charge in [-0.25, -0.2) is 4.79 Å². The molecule has 0 spiro atoms. The summed E-state index contributed by atoms with van der Waals surface area (Å²) in [7, 11) is 0. The third kappa shape index (κ3) is 5.19. The molecule has 3 heterocycles. The predicted molar refractivity (Wildman–Crippen MR) is 128 cm³/mol. The number of amides is 1. The van der Waals surface area contributed by atoms with Gasteiger partial charge in [-0.15, -0.1) is 32.9 Å². The second kappa shape index (κ2) is 9.97. The Morgan fingerprint density at radius 3 is 2.61 bits per heavy atom. The highest BCUT2D eigenvalue weighted by molar-refractivity contribution is 7.99. The SMILES string of the molecule is CCOC(=O)c1c(NC(=O)CSc2nnc(-c3csc(C)c3)n2C(C)C)sc(C)c1C. The Balaban J connectivity index is 1.74. The topological polar surface area (TPSA) is 86.1 Å². The number of carbonyl (C=O) groups excluding carboxylic acids is 2. The van der Waals surface area contributed by atoms with Crippen molar-refractivity contribution < 1.29 is 14.3 Å². The van der Waals surface area contributed by atoms with Crippen molar-refractivity contribution in [2.24, 2.45) is 0 Å². The molecule has 166 valence electrons. The maximum absolute atomic E-state index is 12.7. The van der Waals surface area contributed by atoms with Crippen molar-refractivity contribution in [3.8, 4) is 11.4 Å². The largest absolute Gasteiger partial charge is 0.462 e. The highest BCUT2D eigenvalue weighted by Gasteiger charge is 2.23. The Morgan fingerprint density at radius 1 is 1.26 bits per heavy atom. The van der Waals surface area contributed by atoms with Crippen LogP contribution < -0.4 is 5.32 Å². The fourth-order valence-electron chi connectivity index (χ4n) is 3.06. The number of anilines is 1. The number of nitrogens with one attached hydrogen (secondary N) is 1. The molecule has 1 amide bonds. The van der Waals surface area contributed by atoms with E-state index >= 15 is 0 Å². The number of hydrogen-bond donors (Lipinski definition) is 1. The highest BCUT2D eigenvalue weighted by Crippen LogP contribution is 2.34. The molecule has 0 saturated carbocycles. The molecule has 0 fully saturated rings. The van der Waals surface area contributed by atoms with Gasteiger partial charge in [-0.2, -0.15) is 0 Å². The molecule has 3 aromatic heterocycles. The van der Waals surface area contributed by atoms with Crippen LogP contribution >= 0.6 is 34.4 Å². The van der Waals surface area contributed by atoms with E-state index in [2.05, 4.69) is 47.7 Å². The lowest BCUT2D eigenvalue weighted by Crippen LogP contribution is -2.17. The van der Waals surface area contributed by atoms with Crippen LogP contribution in [0.1, 0.15) is 52.5 Å². The van der Waals surface area contributed by atoms with Crippen LogP contribution in [0.2, 0.25) is 0 Å². The second-order valence-corrected chi connectivity index (χ2v) is 10.5. The first-order chi connectivity index (χ1) is 14.7. The van der Waals surface area contributed by atoms with Crippen molar-refractivity contribution in [2.45, 2.75) is 52.7 Å². The van der Waals surface area contributed by atoms with E-state index in [1.54, 1.807) is 18.3 Å². The maximum Gasteiger partial charge on any atom is 0.341 e. The van der Waals surface area contributed by atoms with E-state index in [0.29, 0.717) is 15.7 Å². The molecule has 31 heavy (non-hydrogen) atoms. The van der Waals surface area contributed by atoms with E-state index in [1.165, 1.54) is 28.0 Å². The summed E-state index contributed by atoms with van der Waals surface area (Å²) in [6, 6.07) is 2.24. The molecule has 7 nitrogen and oxygen atoms in total. The lowest BCUT2D eigenvalue weighted by molar-refractivity contribution is -0.113. The number of thiophene rings is 2. The lowest BCUT2D eigenvalue weighted by atomic mass is 10.1. The maximum atomic E-state index is 12.7. The highest BCUT2D eigenvalue weighted by atomic mass is 32.2. The Kier molecular flexibility index (Phi) is 7.55. The van der Waals surface area contributed by atoms with Crippen molar-refractivity contribution in [2.75, 3.05) is 17.7 Å². The minimum atomic E-state index is -0.414. The van der Waals surface area contributed by atoms with Crippen LogP contribution in [-0.4, -0.2) is 39.0 Å². The molecule has 0 bridgehead atoms. The lowest BCUT2D eigenvalue weighted by Gasteiger charge is -2.13. The molecule has 3 aromatic rings. The number of rotatable bonds is 8. The summed E-state index contributed by atoms with van der Waals surface area (Å²) < 4.78 is 7.20. The molecule has 0 aliphatic rings. The number of carbonyl (C=O) groups is 2. The fraction of sp³-hybridized carbons (Fsp3) is 0.429. The molecular weight excluding hydrogens is 452 g/mol. The summed E-state index contributed by atoms with van der Waals surface area (Å²) in [6.07, 6.45) is 0. The van der Waals surface area contributed by atoms with Crippen molar-refractivity contribution in [1.82, 2.24) is 14.8 Å². The molecular formula is C21H26N4O3S3. The number of nitrogens with zero attached hydrogens (tertiary/aromatic N) is 3. The molecule has 0 aliphatic heterocycles. The quantitative estimate of drug-likeness (QED) is 0.341. The number of thioether (sulfide) groups is 1. The fourth-order valence-corrected chi connectivity index (χ4v) is 5.67. The van der Waals surface area contributed by atoms with Crippen LogP contribution in [0.15, 0.2) is 16.6 Å². The van der Waals surface area contributed by atoms with Gasteiger partial charge in [0.25, 0.3) is 0 Å². The van der Waals surface area contributed by atoms with Gasteiger partial charge in [-0.05, 0) is 53.2 Å². The van der Waals surface area contributed by atoms with Gasteiger partial charge in [-0.3, -0.25) is 9.36 Å². The number of aryl methyl sites for hydroxylation is 2. The Hall–Kier alpha value is -2.17. The van der Waals surface area contributed by atoms with Crippen LogP contribution in [-0.2, 0) is 9.53 Å². The van der Waals surface area contributed by atoms with Gasteiger partial charge in [0.15, 0.2) is 11.0 Å². The summed E-state index contributed by atoms with van der Waals surface area (Å²) in [5.74, 6) is 0.341. The summed E-state index contributed by atoms with van der Waals surface area (Å²) in [4.78, 5) is 27.2. The summed E-state index contributed by atoms with van der Waals surface area (Å²) in [5, 5.41) is 14.8. The van der Waals surface area contributed by atoms with E-state index in [9.17, 15) is 9.59 Å². The van der Waals surface area contributed by atoms with Crippen LogP contribution in [0.5, 0.6) is 0 Å². The first-order valence-corrected chi connectivity index (χ1v) is 12.6. The average Bonchev–Trinajstić information content (AvgIpc) is 3.38. The predicted octanol–water partition coefficient (Wildman–Crippen LogP) is 5.48. The number of aromatic nitrogens is 3. The van der Waals surface area contributed by atoms with Crippen LogP contribution in [0.4, 0.5) is 5.00 Å². The number of esters is 1. The van der Waals surface area contributed by atoms with E-state index in [4.69, 9.17) is 4.74 Å². The van der Waals surface area contributed by atoms with Crippen LogP contribution in [0, 0.1) is 20.8 Å². The van der Waals surface area contributed by atoms with Gasteiger partial charge in [0.2, 0.25) is 5.91 Å². The van der Waals surface area contributed by atoms with Crippen molar-refractivity contribution >= 4 is 51.3 Å². The van der Waals surface area contributed by atoms with Crippen molar-refractivity contribution in [3.05, 3.63) is 32.3 Å². The van der Waals surface area contributed by atoms with E-state index in [-0.39, 0.29) is 24.3 Å². The first kappa shape index (κ1) is 23.5. The molecule has 3 rings (SSSR count). The molecule has 0 atom stereocenters. The Morgan fingerprint density at radius 2 is 2.00 bits per heavy atom. The van der Waals surface area contributed by atoms with Gasteiger partial charge in [-0.1, -0.05) is 11.8 Å². The Labute approximate surface area is 194 Å². The average molecular weight is 479 g/mol. The van der Waals surface area contributed by atoms with Gasteiger partial charge >= 0.3 is 5.97 Å². The smallest absolute Gasteiger partial charge is 0.341 e. The zero-order valence-electron chi connectivity index (χ0n) is 18.4. The van der Waals surface area contributed by atoms with Gasteiger partial charge in [0.1, 0.15) is 5.00 Å².